The number of nitrogens with zero attached hydrogens (tertiary/aromatic N) is 1. The Morgan fingerprint density at radius 1 is 0.963 bits per heavy atom. The van der Waals surface area contributed by atoms with Gasteiger partial charge in [0.2, 0.25) is 5.91 Å². The van der Waals surface area contributed by atoms with Crippen molar-refractivity contribution in [2.75, 3.05) is 5.32 Å². The van der Waals surface area contributed by atoms with Gasteiger partial charge < -0.3 is 15.4 Å². The van der Waals surface area contributed by atoms with Crippen LogP contribution in [0.25, 0.3) is 33.2 Å². The lowest BCUT2D eigenvalue weighted by Crippen LogP contribution is -2.13. The second-order valence-corrected chi connectivity index (χ2v) is 6.32. The Morgan fingerprint density at radius 2 is 1.67 bits per heavy atom. The number of anilines is 1. The molecule has 6 heteroatoms. The summed E-state index contributed by atoms with van der Waals surface area (Å²) in [6.07, 6.45) is -0.231. The molecule has 0 aliphatic rings. The first-order valence-corrected chi connectivity index (χ1v) is 8.59. The summed E-state index contributed by atoms with van der Waals surface area (Å²) in [5.41, 5.74) is 3.39. The van der Waals surface area contributed by atoms with Gasteiger partial charge >= 0.3 is 5.97 Å². The number of hydrogen-bond acceptors (Lipinski definition) is 3. The molecule has 0 aliphatic carbocycles. The quantitative estimate of drug-likeness (QED) is 0.498. The molecule has 0 atom stereocenters. The van der Waals surface area contributed by atoms with Crippen molar-refractivity contribution in [2.45, 2.75) is 12.8 Å². The average Bonchev–Trinajstić information content (AvgIpc) is 3.08. The minimum Gasteiger partial charge on any atom is -0.481 e. The molecule has 0 fully saturated rings. The van der Waals surface area contributed by atoms with Crippen molar-refractivity contribution in [3.8, 4) is 11.4 Å². The number of carboxylic acid groups (broad SMARTS) is 1. The van der Waals surface area contributed by atoms with E-state index in [1.807, 2.05) is 24.3 Å². The molecule has 0 saturated heterocycles. The number of nitrogens with one attached hydrogen (secondary N) is 2. The van der Waals surface area contributed by atoms with Gasteiger partial charge in [-0.15, -0.1) is 0 Å². The second kappa shape index (κ2) is 6.92. The molecule has 1 heterocycles. The lowest BCUT2D eigenvalue weighted by Gasteiger charge is -2.05. The molecular weight excluding hydrogens is 342 g/mol. The first-order chi connectivity index (χ1) is 13.1. The van der Waals surface area contributed by atoms with Gasteiger partial charge in [-0.25, -0.2) is 4.98 Å². The van der Waals surface area contributed by atoms with Gasteiger partial charge in [-0.2, -0.15) is 0 Å². The number of amides is 1. The Morgan fingerprint density at radius 3 is 2.37 bits per heavy atom. The van der Waals surface area contributed by atoms with Crippen molar-refractivity contribution in [1.29, 1.82) is 0 Å². The Kier molecular flexibility index (Phi) is 4.30. The smallest absolute Gasteiger partial charge is 0.303 e. The van der Waals surface area contributed by atoms with E-state index >= 15 is 0 Å². The van der Waals surface area contributed by atoms with Gasteiger partial charge in [-0.05, 0) is 47.2 Å². The predicted molar refractivity (Wildman–Crippen MR) is 105 cm³/mol. The first kappa shape index (κ1) is 16.8. The number of aromatic nitrogens is 2. The third-order valence-electron chi connectivity index (χ3n) is 4.36. The van der Waals surface area contributed by atoms with E-state index in [0.29, 0.717) is 5.69 Å². The fourth-order valence-electron chi connectivity index (χ4n) is 2.99. The van der Waals surface area contributed by atoms with E-state index in [1.165, 1.54) is 0 Å². The van der Waals surface area contributed by atoms with Gasteiger partial charge in [-0.1, -0.05) is 24.3 Å². The molecule has 0 saturated carbocycles. The van der Waals surface area contributed by atoms with Gasteiger partial charge in [0.25, 0.3) is 0 Å². The van der Waals surface area contributed by atoms with Crippen molar-refractivity contribution in [1.82, 2.24) is 9.97 Å². The molecule has 3 N–H and O–H groups in total. The second-order valence-electron chi connectivity index (χ2n) is 6.32. The predicted octanol–water partition coefficient (Wildman–Crippen LogP) is 4.19. The standard InChI is InChI=1S/C21H17N3O3/c25-19(9-10-20(26)27)22-16-7-5-13(6-8-16)21-23-17-11-14-3-1-2-4-15(14)12-18(17)24-21/h1-8,11-12H,9-10H2,(H,22,25)(H,23,24)(H,26,27). The molecule has 0 unspecified atom stereocenters. The fraction of sp³-hybridized carbons (Fsp3) is 0.0952. The summed E-state index contributed by atoms with van der Waals surface area (Å²) in [5, 5.41) is 13.6. The minimum absolute atomic E-state index is 0.0474. The highest BCUT2D eigenvalue weighted by Crippen LogP contribution is 2.25. The SMILES string of the molecule is O=C(O)CCC(=O)Nc1ccc(-c2nc3cc4ccccc4cc3[nH]2)cc1. The van der Waals surface area contributed by atoms with E-state index in [4.69, 9.17) is 5.11 Å². The zero-order valence-corrected chi connectivity index (χ0v) is 14.4. The highest BCUT2D eigenvalue weighted by Gasteiger charge is 2.08. The normalized spacial score (nSPS) is 11.0. The van der Waals surface area contributed by atoms with Crippen LogP contribution in [0.5, 0.6) is 0 Å². The molecule has 0 bridgehead atoms. The Balaban J connectivity index is 1.55. The van der Waals surface area contributed by atoms with E-state index in [9.17, 15) is 9.59 Å². The van der Waals surface area contributed by atoms with E-state index in [0.717, 1.165) is 33.2 Å². The lowest BCUT2D eigenvalue weighted by atomic mass is 10.1. The number of aromatic amines is 1. The largest absolute Gasteiger partial charge is 0.481 e. The van der Waals surface area contributed by atoms with E-state index in [1.54, 1.807) is 12.1 Å². The van der Waals surface area contributed by atoms with Gasteiger partial charge in [0, 0.05) is 17.7 Å². The summed E-state index contributed by atoms with van der Waals surface area (Å²) in [4.78, 5) is 30.2. The van der Waals surface area contributed by atoms with Crippen LogP contribution in [0.15, 0.2) is 60.7 Å². The third kappa shape index (κ3) is 3.64. The number of benzene rings is 3. The van der Waals surface area contributed by atoms with Crippen LogP contribution in [0.1, 0.15) is 12.8 Å². The molecule has 0 radical (unpaired) electrons. The highest BCUT2D eigenvalue weighted by molar-refractivity contribution is 5.96. The molecule has 4 rings (SSSR count). The topological polar surface area (TPSA) is 95.1 Å². The molecule has 1 amide bonds. The summed E-state index contributed by atoms with van der Waals surface area (Å²) in [5.74, 6) is -0.553. The number of rotatable bonds is 5. The molecule has 27 heavy (non-hydrogen) atoms. The van der Waals surface area contributed by atoms with Crippen LogP contribution in [0.2, 0.25) is 0 Å². The van der Waals surface area contributed by atoms with Crippen LogP contribution in [-0.2, 0) is 9.59 Å². The molecule has 3 aromatic carbocycles. The summed E-state index contributed by atoms with van der Waals surface area (Å²) in [6, 6.07) is 19.6. The minimum atomic E-state index is -0.988. The van der Waals surface area contributed by atoms with Crippen molar-refractivity contribution in [2.24, 2.45) is 0 Å². The van der Waals surface area contributed by atoms with Crippen molar-refractivity contribution in [3.05, 3.63) is 60.7 Å². The number of imidazole rings is 1. The molecule has 6 nitrogen and oxygen atoms in total. The third-order valence-corrected chi connectivity index (χ3v) is 4.36. The number of carboxylic acids is 1. The van der Waals surface area contributed by atoms with E-state index in [-0.39, 0.29) is 18.7 Å². The first-order valence-electron chi connectivity index (χ1n) is 8.59. The van der Waals surface area contributed by atoms with Crippen LogP contribution >= 0.6 is 0 Å². The number of carbonyl (C=O) groups excluding carboxylic acids is 1. The Bertz CT molecular complexity index is 1090. The van der Waals surface area contributed by atoms with Crippen LogP contribution < -0.4 is 5.32 Å². The summed E-state index contributed by atoms with van der Waals surface area (Å²) in [7, 11) is 0. The molecule has 1 aromatic heterocycles. The van der Waals surface area contributed by atoms with E-state index < -0.39 is 5.97 Å². The number of hydrogen-bond donors (Lipinski definition) is 3. The van der Waals surface area contributed by atoms with Crippen molar-refractivity contribution >= 4 is 39.4 Å². The van der Waals surface area contributed by atoms with Crippen LogP contribution in [0.3, 0.4) is 0 Å². The molecular formula is C21H17N3O3. The Labute approximate surface area is 154 Å². The zero-order valence-electron chi connectivity index (χ0n) is 14.4. The summed E-state index contributed by atoms with van der Waals surface area (Å²) < 4.78 is 0. The lowest BCUT2D eigenvalue weighted by molar-refractivity contribution is -0.138. The highest BCUT2D eigenvalue weighted by atomic mass is 16.4. The van der Waals surface area contributed by atoms with Gasteiger partial charge in [0.05, 0.1) is 17.5 Å². The summed E-state index contributed by atoms with van der Waals surface area (Å²) in [6.45, 7) is 0. The van der Waals surface area contributed by atoms with Gasteiger partial charge in [0.1, 0.15) is 5.82 Å². The number of fused-ring (bicyclic) bond motifs is 2. The number of carbonyl (C=O) groups is 2. The molecule has 4 aromatic rings. The van der Waals surface area contributed by atoms with E-state index in [2.05, 4.69) is 39.6 Å². The zero-order chi connectivity index (χ0) is 18.8. The molecule has 0 aliphatic heterocycles. The van der Waals surface area contributed by atoms with Crippen LogP contribution in [0.4, 0.5) is 5.69 Å². The van der Waals surface area contributed by atoms with Crippen molar-refractivity contribution < 1.29 is 14.7 Å². The van der Waals surface area contributed by atoms with Gasteiger partial charge in [-0.3, -0.25) is 9.59 Å². The molecule has 134 valence electrons. The average molecular weight is 359 g/mol. The van der Waals surface area contributed by atoms with Crippen LogP contribution in [-0.4, -0.2) is 27.0 Å². The monoisotopic (exact) mass is 359 g/mol. The van der Waals surface area contributed by atoms with Crippen molar-refractivity contribution in [3.63, 3.8) is 0 Å². The fourth-order valence-corrected chi connectivity index (χ4v) is 2.99. The van der Waals surface area contributed by atoms with Crippen LogP contribution in [0, 0.1) is 0 Å². The number of aliphatic carboxylic acids is 1. The summed E-state index contributed by atoms with van der Waals surface area (Å²) >= 11 is 0. The van der Waals surface area contributed by atoms with Gasteiger partial charge in [0.15, 0.2) is 0 Å². The Hall–Kier alpha value is -3.67. The molecule has 0 spiro atoms. The maximum atomic E-state index is 11.7. The maximum Gasteiger partial charge on any atom is 0.303 e. The number of H-pyrrole nitrogens is 1. The maximum absolute atomic E-state index is 11.7.